The van der Waals surface area contributed by atoms with Crippen LogP contribution in [-0.2, 0) is 0 Å². The van der Waals surface area contributed by atoms with E-state index in [1.54, 1.807) is 12.1 Å². The van der Waals surface area contributed by atoms with Gasteiger partial charge in [0, 0.05) is 56.8 Å². The number of carboxylic acid groups (broad SMARTS) is 1. The molecule has 1 aliphatic heterocycles. The van der Waals surface area contributed by atoms with Crippen LogP contribution in [0.15, 0.2) is 56.3 Å². The summed E-state index contributed by atoms with van der Waals surface area (Å²) in [6, 6.07) is 12.3. The molecule has 3 aromatic rings. The lowest BCUT2D eigenvalue weighted by molar-refractivity contribution is 0.0694. The number of carbonyl (C=O) groups excluding carboxylic acids is 1. The number of rotatable bonds is 3. The van der Waals surface area contributed by atoms with Crippen molar-refractivity contribution in [3.8, 4) is 0 Å². The molecule has 2 saturated carbocycles. The van der Waals surface area contributed by atoms with Gasteiger partial charge in [-0.2, -0.15) is 0 Å². The third kappa shape index (κ3) is 4.51. The summed E-state index contributed by atoms with van der Waals surface area (Å²) in [5, 5.41) is 9.55. The summed E-state index contributed by atoms with van der Waals surface area (Å²) >= 11 is 6.85. The number of halogens is 2. The molecular weight excluding hydrogens is 552 g/mol. The zero-order chi connectivity index (χ0) is 23.3. The van der Waals surface area contributed by atoms with Crippen LogP contribution < -0.4 is 10.3 Å². The molecular formula is C25H22Br2N2O4. The average molecular weight is 574 g/mol. The topological polar surface area (TPSA) is 79.6 Å². The second-order valence-electron chi connectivity index (χ2n) is 8.74. The Balaban J connectivity index is 0.000000140. The number of carbonyl (C=O) groups is 2. The van der Waals surface area contributed by atoms with Crippen molar-refractivity contribution in [2.75, 3.05) is 11.4 Å². The highest BCUT2D eigenvalue weighted by molar-refractivity contribution is 9.10. The Morgan fingerprint density at radius 2 is 1.61 bits per heavy atom. The highest BCUT2D eigenvalue weighted by atomic mass is 79.9. The Morgan fingerprint density at radius 1 is 0.939 bits per heavy atom. The molecule has 33 heavy (non-hydrogen) atoms. The van der Waals surface area contributed by atoms with E-state index in [1.165, 1.54) is 19.0 Å². The number of fused-ring (bicyclic) bond motifs is 2. The van der Waals surface area contributed by atoms with Crippen LogP contribution in [0.4, 0.5) is 5.69 Å². The molecule has 2 aromatic carbocycles. The van der Waals surface area contributed by atoms with Crippen LogP contribution in [0, 0.1) is 0 Å². The average Bonchev–Trinajstić information content (AvgIpc) is 3.68. The predicted molar refractivity (Wildman–Crippen MR) is 135 cm³/mol. The maximum absolute atomic E-state index is 12.1. The lowest BCUT2D eigenvalue weighted by Crippen LogP contribution is -2.33. The molecule has 6 rings (SSSR count). The third-order valence-corrected chi connectivity index (χ3v) is 7.29. The van der Waals surface area contributed by atoms with Gasteiger partial charge in [-0.1, -0.05) is 31.9 Å². The Bertz CT molecular complexity index is 1340. The minimum Gasteiger partial charge on any atom is -0.477 e. The number of aromatic nitrogens is 1. The fourth-order valence-corrected chi connectivity index (χ4v) is 5.05. The zero-order valence-corrected chi connectivity index (χ0v) is 20.9. The fraction of sp³-hybridized carbons (Fsp3) is 0.320. The quantitative estimate of drug-likeness (QED) is 0.428. The first-order valence-electron chi connectivity index (χ1n) is 11.0. The van der Waals surface area contributed by atoms with Gasteiger partial charge in [-0.05, 0) is 62.1 Å². The molecule has 0 atom stereocenters. The van der Waals surface area contributed by atoms with Gasteiger partial charge in [0.2, 0.25) is 5.43 Å². The zero-order valence-electron chi connectivity index (χ0n) is 17.8. The summed E-state index contributed by atoms with van der Waals surface area (Å²) in [4.78, 5) is 37.3. The number of hydrogen-bond donors (Lipinski definition) is 1. The second-order valence-corrected chi connectivity index (χ2v) is 10.6. The minimum absolute atomic E-state index is 0.156. The van der Waals surface area contributed by atoms with Gasteiger partial charge in [0.25, 0.3) is 0 Å². The number of carboxylic acids is 1. The van der Waals surface area contributed by atoms with E-state index in [-0.39, 0.29) is 11.3 Å². The largest absolute Gasteiger partial charge is 0.477 e. The standard InChI is InChI=1S/C13H10BrNO3.C12H12BrNO/c14-7-1-4-9-11(5-7)15(8-2-3-8)6-10(12(9)16)13(17)18;13-8-1-4-10-11(7-8)14(9-2-3-9)6-5-12(10)15/h1,4-6,8H,2-3H2,(H,17,18);1,4,7,9H,2-3,5-6H2. The number of hydrogen-bond acceptors (Lipinski definition) is 4. The summed E-state index contributed by atoms with van der Waals surface area (Å²) in [5.41, 5.74) is 2.25. The van der Waals surface area contributed by atoms with Crippen molar-refractivity contribution in [2.24, 2.45) is 0 Å². The fourth-order valence-electron chi connectivity index (χ4n) is 4.35. The summed E-state index contributed by atoms with van der Waals surface area (Å²) in [7, 11) is 0. The highest BCUT2D eigenvalue weighted by Gasteiger charge is 2.34. The van der Waals surface area contributed by atoms with E-state index < -0.39 is 11.4 Å². The number of aromatic carboxylic acids is 1. The molecule has 6 nitrogen and oxygen atoms in total. The molecule has 0 saturated heterocycles. The van der Waals surface area contributed by atoms with Gasteiger partial charge in [-0.3, -0.25) is 9.59 Å². The monoisotopic (exact) mass is 572 g/mol. The molecule has 1 aromatic heterocycles. The van der Waals surface area contributed by atoms with Crippen molar-refractivity contribution < 1.29 is 14.7 Å². The van der Waals surface area contributed by atoms with Gasteiger partial charge in [-0.25, -0.2) is 4.79 Å². The first-order valence-corrected chi connectivity index (χ1v) is 12.6. The van der Waals surface area contributed by atoms with Gasteiger partial charge in [0.15, 0.2) is 5.78 Å². The first-order chi connectivity index (χ1) is 15.8. The molecule has 0 spiro atoms. The number of pyridine rings is 1. The Labute approximate surface area is 207 Å². The van der Waals surface area contributed by atoms with Crippen LogP contribution in [0.2, 0.25) is 0 Å². The maximum atomic E-state index is 12.1. The molecule has 8 heteroatoms. The lowest BCUT2D eigenvalue weighted by Gasteiger charge is -2.30. The van der Waals surface area contributed by atoms with Crippen LogP contribution in [0.25, 0.3) is 10.9 Å². The number of benzene rings is 2. The molecule has 3 aliphatic rings. The Hall–Kier alpha value is -2.45. The van der Waals surface area contributed by atoms with Crippen LogP contribution in [0.1, 0.15) is 58.9 Å². The van der Waals surface area contributed by atoms with Crippen molar-refractivity contribution in [1.82, 2.24) is 4.57 Å². The van der Waals surface area contributed by atoms with Gasteiger partial charge < -0.3 is 14.6 Å². The van der Waals surface area contributed by atoms with Crippen molar-refractivity contribution in [1.29, 1.82) is 0 Å². The molecule has 2 aliphatic carbocycles. The number of anilines is 1. The summed E-state index contributed by atoms with van der Waals surface area (Å²) in [5.74, 6) is -0.881. The van der Waals surface area contributed by atoms with Crippen molar-refractivity contribution in [3.63, 3.8) is 0 Å². The molecule has 1 N–H and O–H groups in total. The van der Waals surface area contributed by atoms with E-state index in [0.717, 1.165) is 45.1 Å². The lowest BCUT2D eigenvalue weighted by atomic mass is 10.0. The van der Waals surface area contributed by atoms with Crippen molar-refractivity contribution in [3.05, 3.63) is 72.9 Å². The number of nitrogens with zero attached hydrogens (tertiary/aromatic N) is 2. The number of ketones is 1. The molecule has 2 heterocycles. The molecule has 0 bridgehead atoms. The van der Waals surface area contributed by atoms with Crippen LogP contribution in [0.3, 0.4) is 0 Å². The minimum atomic E-state index is -1.17. The van der Waals surface area contributed by atoms with E-state index in [2.05, 4.69) is 42.8 Å². The van der Waals surface area contributed by atoms with E-state index >= 15 is 0 Å². The molecule has 0 unspecified atom stereocenters. The Morgan fingerprint density at radius 3 is 2.27 bits per heavy atom. The van der Waals surface area contributed by atoms with Crippen LogP contribution in [-0.4, -0.2) is 34.0 Å². The normalized spacial score (nSPS) is 17.4. The smallest absolute Gasteiger partial charge is 0.341 e. The molecule has 0 radical (unpaired) electrons. The first kappa shape index (κ1) is 22.3. The molecule has 170 valence electrons. The van der Waals surface area contributed by atoms with Gasteiger partial charge in [-0.15, -0.1) is 0 Å². The highest BCUT2D eigenvalue weighted by Crippen LogP contribution is 2.38. The Kier molecular flexibility index (Phi) is 5.91. The van der Waals surface area contributed by atoms with Crippen molar-refractivity contribution >= 4 is 60.2 Å². The van der Waals surface area contributed by atoms with Crippen molar-refractivity contribution in [2.45, 2.75) is 44.2 Å². The molecule has 2 fully saturated rings. The maximum Gasteiger partial charge on any atom is 0.341 e. The van der Waals surface area contributed by atoms with Gasteiger partial charge in [0.1, 0.15) is 5.56 Å². The van der Waals surface area contributed by atoms with E-state index in [9.17, 15) is 14.4 Å². The van der Waals surface area contributed by atoms with Crippen LogP contribution in [0.5, 0.6) is 0 Å². The predicted octanol–water partition coefficient (Wildman–Crippen LogP) is 5.80. The van der Waals surface area contributed by atoms with E-state index in [1.807, 2.05) is 22.8 Å². The number of Topliss-reactive ketones (excluding diaryl/α,β-unsaturated/α-hetero) is 1. The second kappa shape index (κ2) is 8.72. The van der Waals surface area contributed by atoms with E-state index in [4.69, 9.17) is 5.11 Å². The SMILES string of the molecule is O=C(O)c1cn(C2CC2)c2cc(Br)ccc2c1=O.O=C1CCN(C2CC2)c2cc(Br)ccc21. The molecule has 0 amide bonds. The summed E-state index contributed by atoms with van der Waals surface area (Å²) < 4.78 is 3.85. The summed E-state index contributed by atoms with van der Waals surface area (Å²) in [6.45, 7) is 0.896. The van der Waals surface area contributed by atoms with E-state index in [0.29, 0.717) is 23.9 Å². The van der Waals surface area contributed by atoms with Gasteiger partial charge in [0.05, 0.1) is 5.52 Å². The third-order valence-electron chi connectivity index (χ3n) is 6.30. The van der Waals surface area contributed by atoms with Gasteiger partial charge >= 0.3 is 5.97 Å². The van der Waals surface area contributed by atoms with Crippen LogP contribution >= 0.6 is 31.9 Å². The summed E-state index contributed by atoms with van der Waals surface area (Å²) in [6.07, 6.45) is 6.76.